The van der Waals surface area contributed by atoms with Gasteiger partial charge in [0.25, 0.3) is 5.91 Å². The summed E-state index contributed by atoms with van der Waals surface area (Å²) in [7, 11) is 0. The van der Waals surface area contributed by atoms with Gasteiger partial charge in [0.05, 0.1) is 11.3 Å². The van der Waals surface area contributed by atoms with Crippen LogP contribution in [0.2, 0.25) is 0 Å². The van der Waals surface area contributed by atoms with Crippen LogP contribution in [0.3, 0.4) is 0 Å². The zero-order valence-corrected chi connectivity index (χ0v) is 15.7. The van der Waals surface area contributed by atoms with Gasteiger partial charge >= 0.3 is 0 Å². The van der Waals surface area contributed by atoms with Crippen molar-refractivity contribution in [2.24, 2.45) is 0 Å². The maximum Gasteiger partial charge on any atom is 0.253 e. The topological polar surface area (TPSA) is 56.4 Å². The summed E-state index contributed by atoms with van der Waals surface area (Å²) in [5.74, 6) is -0.0284. The van der Waals surface area contributed by atoms with E-state index in [0.717, 1.165) is 50.5 Å². The minimum Gasteiger partial charge on any atom is -0.355 e. The minimum absolute atomic E-state index is 0. The highest BCUT2D eigenvalue weighted by Crippen LogP contribution is 2.20. The molecule has 2 aromatic rings. The van der Waals surface area contributed by atoms with E-state index in [0.29, 0.717) is 12.1 Å². The number of hydrogen-bond acceptors (Lipinski definition) is 4. The summed E-state index contributed by atoms with van der Waals surface area (Å²) in [6.45, 7) is 6.04. The monoisotopic (exact) mass is 374 g/mol. The Morgan fingerprint density at radius 3 is 2.46 bits per heavy atom. The van der Waals surface area contributed by atoms with Crippen molar-refractivity contribution in [3.63, 3.8) is 0 Å². The van der Waals surface area contributed by atoms with Crippen LogP contribution in [0.4, 0.5) is 11.4 Å². The highest BCUT2D eigenvalue weighted by atomic mass is 35.5. The van der Waals surface area contributed by atoms with Crippen molar-refractivity contribution in [1.82, 2.24) is 15.5 Å². The first-order chi connectivity index (χ1) is 12.3. The molecule has 3 N–H and O–H groups in total. The molecule has 0 atom stereocenters. The van der Waals surface area contributed by atoms with Crippen molar-refractivity contribution in [2.75, 3.05) is 44.6 Å². The van der Waals surface area contributed by atoms with Crippen LogP contribution >= 0.6 is 12.4 Å². The Morgan fingerprint density at radius 1 is 1.00 bits per heavy atom. The Kier molecular flexibility index (Phi) is 8.41. The lowest BCUT2D eigenvalue weighted by Gasteiger charge is -2.27. The van der Waals surface area contributed by atoms with Gasteiger partial charge in [-0.3, -0.25) is 4.79 Å². The molecular formula is C20H27ClN4O. The molecule has 1 aliphatic heterocycles. The van der Waals surface area contributed by atoms with Crippen LogP contribution < -0.4 is 16.0 Å². The third-order valence-electron chi connectivity index (χ3n) is 4.37. The first-order valence-corrected chi connectivity index (χ1v) is 8.95. The van der Waals surface area contributed by atoms with Gasteiger partial charge in [0.2, 0.25) is 0 Å². The molecule has 5 nitrogen and oxygen atoms in total. The zero-order valence-electron chi connectivity index (χ0n) is 14.9. The number of para-hydroxylation sites is 2. The molecule has 140 valence electrons. The van der Waals surface area contributed by atoms with Crippen LogP contribution in [-0.2, 0) is 0 Å². The number of halogens is 1. The Bertz CT molecular complexity index is 675. The van der Waals surface area contributed by atoms with Gasteiger partial charge in [0.1, 0.15) is 0 Å². The Labute approximate surface area is 161 Å². The van der Waals surface area contributed by atoms with Gasteiger partial charge in [-0.15, -0.1) is 12.4 Å². The standard InChI is InChI=1S/C20H26N4O.ClH/c25-20(22-11-6-14-24-15-12-21-13-16-24)18-9-4-5-10-19(18)23-17-7-2-1-3-8-17;/h1-5,7-10,21,23H,6,11-16H2,(H,22,25);1H. The SMILES string of the molecule is Cl.O=C(NCCCN1CCNCC1)c1ccccc1Nc1ccccc1. The molecule has 0 unspecified atom stereocenters. The van der Waals surface area contributed by atoms with Gasteiger partial charge in [-0.25, -0.2) is 0 Å². The van der Waals surface area contributed by atoms with Crippen LogP contribution in [0.25, 0.3) is 0 Å². The van der Waals surface area contributed by atoms with Gasteiger partial charge in [-0.05, 0) is 37.2 Å². The van der Waals surface area contributed by atoms with Crippen LogP contribution in [0.1, 0.15) is 16.8 Å². The first-order valence-electron chi connectivity index (χ1n) is 8.95. The molecule has 1 saturated heterocycles. The van der Waals surface area contributed by atoms with Gasteiger partial charge < -0.3 is 20.9 Å². The van der Waals surface area contributed by atoms with Crippen LogP contribution in [0, 0.1) is 0 Å². The maximum absolute atomic E-state index is 12.5. The van der Waals surface area contributed by atoms with Gasteiger partial charge in [0.15, 0.2) is 0 Å². The summed E-state index contributed by atoms with van der Waals surface area (Å²) in [4.78, 5) is 15.0. The Balaban J connectivity index is 0.00000243. The highest BCUT2D eigenvalue weighted by Gasteiger charge is 2.12. The predicted octanol–water partition coefficient (Wildman–Crippen LogP) is 2.88. The molecular weight excluding hydrogens is 348 g/mol. The number of carbonyl (C=O) groups excluding carboxylic acids is 1. The fourth-order valence-electron chi connectivity index (χ4n) is 3.00. The van der Waals surface area contributed by atoms with E-state index in [1.165, 1.54) is 0 Å². The van der Waals surface area contributed by atoms with Gasteiger partial charge in [0, 0.05) is 38.4 Å². The fourth-order valence-corrected chi connectivity index (χ4v) is 3.00. The number of piperazine rings is 1. The lowest BCUT2D eigenvalue weighted by Crippen LogP contribution is -2.44. The average molecular weight is 375 g/mol. The molecule has 0 spiro atoms. The summed E-state index contributed by atoms with van der Waals surface area (Å²) < 4.78 is 0. The number of nitrogens with zero attached hydrogens (tertiary/aromatic N) is 1. The van der Waals surface area contributed by atoms with E-state index in [4.69, 9.17) is 0 Å². The summed E-state index contributed by atoms with van der Waals surface area (Å²) in [5.41, 5.74) is 2.48. The van der Waals surface area contributed by atoms with Crippen LogP contribution in [0.15, 0.2) is 54.6 Å². The van der Waals surface area contributed by atoms with E-state index in [9.17, 15) is 4.79 Å². The van der Waals surface area contributed by atoms with E-state index in [1.54, 1.807) is 0 Å². The molecule has 0 aliphatic carbocycles. The van der Waals surface area contributed by atoms with Gasteiger partial charge in [-0.1, -0.05) is 30.3 Å². The summed E-state index contributed by atoms with van der Waals surface area (Å²) in [6.07, 6.45) is 0.972. The van der Waals surface area contributed by atoms with Crippen molar-refractivity contribution in [2.45, 2.75) is 6.42 Å². The summed E-state index contributed by atoms with van der Waals surface area (Å²) in [6, 6.07) is 17.5. The second-order valence-electron chi connectivity index (χ2n) is 6.24. The van der Waals surface area contributed by atoms with Gasteiger partial charge in [-0.2, -0.15) is 0 Å². The van der Waals surface area contributed by atoms with Crippen molar-refractivity contribution < 1.29 is 4.79 Å². The quantitative estimate of drug-likeness (QED) is 0.652. The molecule has 1 aliphatic rings. The fraction of sp³-hybridized carbons (Fsp3) is 0.350. The number of nitrogens with one attached hydrogen (secondary N) is 3. The smallest absolute Gasteiger partial charge is 0.253 e. The molecule has 1 amide bonds. The molecule has 1 fully saturated rings. The lowest BCUT2D eigenvalue weighted by atomic mass is 10.1. The van der Waals surface area contributed by atoms with E-state index in [2.05, 4.69) is 20.9 Å². The third-order valence-corrected chi connectivity index (χ3v) is 4.37. The number of anilines is 2. The molecule has 6 heteroatoms. The Hall–Kier alpha value is -2.08. The van der Waals surface area contributed by atoms with Crippen LogP contribution in [-0.4, -0.2) is 50.1 Å². The second-order valence-corrected chi connectivity index (χ2v) is 6.24. The molecule has 0 saturated carbocycles. The number of amides is 1. The lowest BCUT2D eigenvalue weighted by molar-refractivity contribution is 0.0952. The van der Waals surface area contributed by atoms with Crippen molar-refractivity contribution in [1.29, 1.82) is 0 Å². The molecule has 0 bridgehead atoms. The summed E-state index contributed by atoms with van der Waals surface area (Å²) in [5, 5.41) is 9.72. The Morgan fingerprint density at radius 2 is 1.69 bits per heavy atom. The molecule has 2 aromatic carbocycles. The minimum atomic E-state index is -0.0284. The molecule has 3 rings (SSSR count). The predicted molar refractivity (Wildman–Crippen MR) is 110 cm³/mol. The number of hydrogen-bond donors (Lipinski definition) is 3. The highest BCUT2D eigenvalue weighted by molar-refractivity contribution is 6.00. The van der Waals surface area contributed by atoms with E-state index >= 15 is 0 Å². The number of carbonyl (C=O) groups is 1. The van der Waals surface area contributed by atoms with Crippen LogP contribution in [0.5, 0.6) is 0 Å². The zero-order chi connectivity index (χ0) is 17.3. The van der Waals surface area contributed by atoms with E-state index in [-0.39, 0.29) is 18.3 Å². The molecule has 0 radical (unpaired) electrons. The maximum atomic E-state index is 12.5. The van der Waals surface area contributed by atoms with E-state index < -0.39 is 0 Å². The largest absolute Gasteiger partial charge is 0.355 e. The van der Waals surface area contributed by atoms with Crippen molar-refractivity contribution in [3.05, 3.63) is 60.2 Å². The van der Waals surface area contributed by atoms with Crippen molar-refractivity contribution >= 4 is 29.7 Å². The first kappa shape index (κ1) is 20.2. The molecule has 0 aromatic heterocycles. The normalized spacial score (nSPS) is 14.3. The van der Waals surface area contributed by atoms with Crippen molar-refractivity contribution in [3.8, 4) is 0 Å². The number of rotatable bonds is 7. The average Bonchev–Trinajstić information content (AvgIpc) is 2.67. The number of benzene rings is 2. The molecule has 1 heterocycles. The third kappa shape index (κ3) is 6.02. The second kappa shape index (κ2) is 10.8. The van der Waals surface area contributed by atoms with E-state index in [1.807, 2.05) is 54.6 Å². The molecule has 26 heavy (non-hydrogen) atoms. The summed E-state index contributed by atoms with van der Waals surface area (Å²) >= 11 is 0.